The molecule has 2 aromatic rings. The van der Waals surface area contributed by atoms with E-state index >= 15 is 0 Å². The van der Waals surface area contributed by atoms with Crippen molar-refractivity contribution in [2.24, 2.45) is 5.92 Å². The molecule has 3 unspecified atom stereocenters. The Balaban J connectivity index is 1.74. The third-order valence-electron chi connectivity index (χ3n) is 6.12. The van der Waals surface area contributed by atoms with Crippen LogP contribution in [0.2, 0.25) is 0 Å². The summed E-state index contributed by atoms with van der Waals surface area (Å²) in [6.45, 7) is 4.53. The second-order valence-corrected chi connectivity index (χ2v) is 9.19. The van der Waals surface area contributed by atoms with Crippen LogP contribution in [0.3, 0.4) is 0 Å². The molecule has 0 bridgehead atoms. The molecule has 4 rings (SSSR count). The van der Waals surface area contributed by atoms with E-state index in [-0.39, 0.29) is 30.6 Å². The van der Waals surface area contributed by atoms with Gasteiger partial charge in [0.25, 0.3) is 5.69 Å². The Bertz CT molecular complexity index is 1140. The highest BCUT2D eigenvalue weighted by Crippen LogP contribution is 2.46. The van der Waals surface area contributed by atoms with Crippen LogP contribution in [0.15, 0.2) is 64.8 Å². The number of carbonyl (C=O) groups excluding carboxylic acids is 2. The number of thiophene rings is 1. The Labute approximate surface area is 201 Å². The van der Waals surface area contributed by atoms with Crippen LogP contribution in [-0.2, 0) is 19.1 Å². The van der Waals surface area contributed by atoms with Crippen molar-refractivity contribution in [1.29, 1.82) is 0 Å². The number of nitro groups is 1. The van der Waals surface area contributed by atoms with Crippen molar-refractivity contribution in [1.82, 2.24) is 5.32 Å². The fourth-order valence-corrected chi connectivity index (χ4v) is 5.41. The number of carbonyl (C=O) groups is 2. The zero-order chi connectivity index (χ0) is 24.2. The Hall–Kier alpha value is -3.30. The molecule has 178 valence electrons. The zero-order valence-electron chi connectivity index (χ0n) is 19.0. The number of hydrogen-bond acceptors (Lipinski definition) is 8. The highest BCUT2D eigenvalue weighted by Gasteiger charge is 2.45. The number of nitrogens with one attached hydrogen (secondary N) is 1. The minimum atomic E-state index is -0.607. The van der Waals surface area contributed by atoms with Crippen LogP contribution < -0.4 is 5.32 Å². The van der Waals surface area contributed by atoms with E-state index in [4.69, 9.17) is 9.47 Å². The number of rotatable bonds is 8. The van der Waals surface area contributed by atoms with Gasteiger partial charge in [0.05, 0.1) is 23.0 Å². The largest absolute Gasteiger partial charge is 0.460 e. The first-order chi connectivity index (χ1) is 16.4. The Morgan fingerprint density at radius 1 is 1.21 bits per heavy atom. The van der Waals surface area contributed by atoms with Gasteiger partial charge in [-0.1, -0.05) is 24.3 Å². The second-order valence-electron chi connectivity index (χ2n) is 8.21. The molecule has 1 aromatic heterocycles. The van der Waals surface area contributed by atoms with Gasteiger partial charge in [-0.15, -0.1) is 11.3 Å². The van der Waals surface area contributed by atoms with Gasteiger partial charge in [-0.3, -0.25) is 14.9 Å². The molecule has 1 aromatic carbocycles. The summed E-state index contributed by atoms with van der Waals surface area (Å²) in [4.78, 5) is 38.4. The minimum Gasteiger partial charge on any atom is -0.460 e. The number of esters is 1. The van der Waals surface area contributed by atoms with Crippen LogP contribution in [0.4, 0.5) is 5.69 Å². The number of Topliss-reactive ketones (excluding diaryl/α,β-unsaturated/α-hetero) is 1. The van der Waals surface area contributed by atoms with E-state index in [2.05, 4.69) is 11.4 Å². The van der Waals surface area contributed by atoms with E-state index in [1.54, 1.807) is 30.4 Å². The lowest BCUT2D eigenvalue weighted by molar-refractivity contribution is -0.384. The number of benzene rings is 1. The molecule has 2 heterocycles. The molecular formula is C25H26N2O6S. The van der Waals surface area contributed by atoms with Crippen LogP contribution in [0.25, 0.3) is 0 Å². The molecule has 0 spiro atoms. The minimum absolute atomic E-state index is 0.0128. The Kier molecular flexibility index (Phi) is 7.23. The molecular weight excluding hydrogens is 456 g/mol. The van der Waals surface area contributed by atoms with Crippen molar-refractivity contribution < 1.29 is 24.0 Å². The quantitative estimate of drug-likeness (QED) is 0.256. The monoisotopic (exact) mass is 482 g/mol. The molecule has 9 heteroatoms. The maximum atomic E-state index is 13.5. The van der Waals surface area contributed by atoms with Gasteiger partial charge < -0.3 is 14.8 Å². The molecule has 0 radical (unpaired) electrons. The van der Waals surface area contributed by atoms with Crippen LogP contribution in [0.5, 0.6) is 0 Å². The number of allylic oxidation sites excluding steroid dienone is 3. The topological polar surface area (TPSA) is 108 Å². The summed E-state index contributed by atoms with van der Waals surface area (Å²) in [5, 5.41) is 16.4. The summed E-state index contributed by atoms with van der Waals surface area (Å²) in [6, 6.07) is 10.0. The van der Waals surface area contributed by atoms with Crippen molar-refractivity contribution in [3.8, 4) is 0 Å². The van der Waals surface area contributed by atoms with E-state index in [1.807, 2.05) is 24.4 Å². The smallest absolute Gasteiger partial charge is 0.336 e. The molecule has 3 atom stereocenters. The summed E-state index contributed by atoms with van der Waals surface area (Å²) < 4.78 is 10.7. The predicted molar refractivity (Wildman–Crippen MR) is 127 cm³/mol. The maximum absolute atomic E-state index is 13.5. The number of nitro benzene ring substituents is 1. The average Bonchev–Trinajstić information content (AvgIpc) is 3.36. The number of nitrogens with zero attached hydrogens (tertiary/aromatic N) is 1. The van der Waals surface area contributed by atoms with Gasteiger partial charge in [0.15, 0.2) is 0 Å². The molecule has 1 N–H and O–H groups in total. The van der Waals surface area contributed by atoms with Crippen LogP contribution >= 0.6 is 11.3 Å². The van der Waals surface area contributed by atoms with Gasteiger partial charge in [0.2, 0.25) is 0 Å². The van der Waals surface area contributed by atoms with Gasteiger partial charge in [-0.25, -0.2) is 4.79 Å². The molecule has 1 aliphatic heterocycles. The lowest BCUT2D eigenvalue weighted by Crippen LogP contribution is -2.42. The molecule has 34 heavy (non-hydrogen) atoms. The fourth-order valence-electron chi connectivity index (χ4n) is 4.61. The summed E-state index contributed by atoms with van der Waals surface area (Å²) >= 11 is 1.61. The van der Waals surface area contributed by atoms with E-state index in [9.17, 15) is 19.7 Å². The van der Waals surface area contributed by atoms with Crippen LogP contribution in [0.1, 0.15) is 42.5 Å². The molecule has 8 nitrogen and oxygen atoms in total. The molecule has 0 amide bonds. The standard InChI is InChI=1S/C25H26N2O6S/c1-3-32-10-11-33-25(29)22-15(2)26-19-13-17(21-5-4-12-34-21)14-20(28)24(19)23(22)16-6-8-18(9-7-16)27(30)31/h4-9,12-13,17,23-24,26H,3,10-11,14H2,1-2H3. The molecule has 1 aliphatic carbocycles. The predicted octanol–water partition coefficient (Wildman–Crippen LogP) is 4.45. The summed E-state index contributed by atoms with van der Waals surface area (Å²) in [7, 11) is 0. The van der Waals surface area contributed by atoms with Gasteiger partial charge in [0.1, 0.15) is 12.4 Å². The van der Waals surface area contributed by atoms with Crippen molar-refractivity contribution in [3.63, 3.8) is 0 Å². The Morgan fingerprint density at radius 3 is 2.62 bits per heavy atom. The molecule has 2 aliphatic rings. The molecule has 0 fully saturated rings. The fraction of sp³-hybridized carbons (Fsp3) is 0.360. The number of fused-ring (bicyclic) bond motifs is 1. The third-order valence-corrected chi connectivity index (χ3v) is 7.12. The maximum Gasteiger partial charge on any atom is 0.336 e. The van der Waals surface area contributed by atoms with Gasteiger partial charge in [0, 0.05) is 53.3 Å². The average molecular weight is 483 g/mol. The highest BCUT2D eigenvalue weighted by atomic mass is 32.1. The number of ether oxygens (including phenoxy) is 2. The summed E-state index contributed by atoms with van der Waals surface area (Å²) in [6.07, 6.45) is 2.39. The number of non-ortho nitro benzene ring substituents is 1. The van der Waals surface area contributed by atoms with Crippen molar-refractivity contribution >= 4 is 28.8 Å². The van der Waals surface area contributed by atoms with Gasteiger partial charge in [-0.05, 0) is 30.9 Å². The number of ketones is 1. The first-order valence-electron chi connectivity index (χ1n) is 11.2. The first kappa shape index (κ1) is 23.8. The summed E-state index contributed by atoms with van der Waals surface area (Å²) in [5.41, 5.74) is 2.31. The van der Waals surface area contributed by atoms with E-state index in [0.717, 1.165) is 10.6 Å². The molecule has 0 saturated carbocycles. The SMILES string of the molecule is CCOCCOC(=O)C1=C(C)NC2=CC(c3cccs3)CC(=O)C2C1c1ccc([N+](=O)[O-])cc1. The van der Waals surface area contributed by atoms with E-state index < -0.39 is 22.7 Å². The van der Waals surface area contributed by atoms with E-state index in [1.165, 1.54) is 12.1 Å². The highest BCUT2D eigenvalue weighted by molar-refractivity contribution is 7.10. The van der Waals surface area contributed by atoms with E-state index in [0.29, 0.717) is 29.9 Å². The second kappa shape index (κ2) is 10.3. The summed E-state index contributed by atoms with van der Waals surface area (Å²) in [5.74, 6) is -1.75. The van der Waals surface area contributed by atoms with Crippen molar-refractivity contribution in [2.45, 2.75) is 32.1 Å². The van der Waals surface area contributed by atoms with Crippen LogP contribution in [-0.4, -0.2) is 36.5 Å². The third kappa shape index (κ3) is 4.80. The molecule has 0 saturated heterocycles. The lowest BCUT2D eigenvalue weighted by atomic mass is 9.69. The number of hydrogen-bond donors (Lipinski definition) is 1. The van der Waals surface area contributed by atoms with Gasteiger partial charge in [-0.2, -0.15) is 0 Å². The Morgan fingerprint density at radius 2 is 1.97 bits per heavy atom. The first-order valence-corrected chi connectivity index (χ1v) is 12.0. The van der Waals surface area contributed by atoms with Crippen molar-refractivity contribution in [3.05, 3.63) is 85.4 Å². The van der Waals surface area contributed by atoms with Crippen LogP contribution in [0, 0.1) is 16.0 Å². The normalized spacial score (nSPS) is 22.0. The zero-order valence-corrected chi connectivity index (χ0v) is 19.8. The lowest BCUT2D eigenvalue weighted by Gasteiger charge is -2.39. The van der Waals surface area contributed by atoms with Crippen molar-refractivity contribution in [2.75, 3.05) is 19.8 Å². The van der Waals surface area contributed by atoms with Gasteiger partial charge >= 0.3 is 5.97 Å².